The van der Waals surface area contributed by atoms with E-state index in [2.05, 4.69) is 60.8 Å². The molecule has 1 aliphatic heterocycles. The molecule has 1 N–H and O–H groups in total. The number of thioether (sulfide) groups is 1. The third-order valence-electron chi connectivity index (χ3n) is 5.50. The van der Waals surface area contributed by atoms with E-state index in [1.54, 1.807) is 6.07 Å². The largest absolute Gasteiger partial charge is 0.378 e. The molecule has 0 amide bonds. The third kappa shape index (κ3) is 4.01. The van der Waals surface area contributed by atoms with Crippen LogP contribution in [0.1, 0.15) is 23.6 Å². The predicted molar refractivity (Wildman–Crippen MR) is 126 cm³/mol. The maximum atomic E-state index is 12.5. The summed E-state index contributed by atoms with van der Waals surface area (Å²) in [6.07, 6.45) is 0. The second-order valence-corrected chi connectivity index (χ2v) is 9.09. The van der Waals surface area contributed by atoms with Gasteiger partial charge in [0.1, 0.15) is 5.82 Å². The summed E-state index contributed by atoms with van der Waals surface area (Å²) in [6.45, 7) is 6.95. The van der Waals surface area contributed by atoms with Gasteiger partial charge < -0.3 is 14.6 Å². The van der Waals surface area contributed by atoms with E-state index < -0.39 is 0 Å². The molecule has 164 valence electrons. The summed E-state index contributed by atoms with van der Waals surface area (Å²) in [5.41, 5.74) is 2.74. The van der Waals surface area contributed by atoms with Crippen LogP contribution in [0.2, 0.25) is 0 Å². The minimum absolute atomic E-state index is 0.127. The van der Waals surface area contributed by atoms with E-state index in [9.17, 15) is 4.79 Å². The summed E-state index contributed by atoms with van der Waals surface area (Å²) in [5.74, 6) is 1.41. The Labute approximate surface area is 189 Å². The molecule has 1 atom stereocenters. The lowest BCUT2D eigenvalue weighted by Crippen LogP contribution is -2.37. The second-order valence-electron chi connectivity index (χ2n) is 7.78. The molecule has 0 aliphatic carbocycles. The van der Waals surface area contributed by atoms with Gasteiger partial charge in [0.2, 0.25) is 5.95 Å². The van der Waals surface area contributed by atoms with Crippen LogP contribution in [0.15, 0.2) is 58.5 Å². The molecule has 0 radical (unpaired) electrons. The maximum Gasteiger partial charge on any atom is 0.258 e. The molecular weight excluding hydrogens is 424 g/mol. The number of nitrogens with one attached hydrogen (secondary N) is 1. The summed E-state index contributed by atoms with van der Waals surface area (Å²) >= 11 is 1.52. The number of morpholine rings is 1. The van der Waals surface area contributed by atoms with Gasteiger partial charge in [0.05, 0.1) is 35.1 Å². The van der Waals surface area contributed by atoms with Crippen molar-refractivity contribution in [3.63, 3.8) is 0 Å². The summed E-state index contributed by atoms with van der Waals surface area (Å²) in [4.78, 5) is 22.3. The van der Waals surface area contributed by atoms with Gasteiger partial charge in [-0.2, -0.15) is 0 Å². The zero-order valence-corrected chi connectivity index (χ0v) is 18.8. The van der Waals surface area contributed by atoms with Gasteiger partial charge in [-0.3, -0.25) is 9.36 Å². The highest BCUT2D eigenvalue weighted by Crippen LogP contribution is 2.35. The highest BCUT2D eigenvalue weighted by Gasteiger charge is 2.24. The van der Waals surface area contributed by atoms with Crippen molar-refractivity contribution in [3.05, 3.63) is 70.3 Å². The van der Waals surface area contributed by atoms with Crippen molar-refractivity contribution in [2.45, 2.75) is 24.3 Å². The number of nitrogens with zero attached hydrogens (tertiary/aromatic N) is 5. The average Bonchev–Trinajstić information content (AvgIpc) is 3.23. The fourth-order valence-electron chi connectivity index (χ4n) is 3.74. The lowest BCUT2D eigenvalue weighted by molar-refractivity contribution is 0.122. The zero-order chi connectivity index (χ0) is 22.1. The number of para-hydroxylation sites is 1. The van der Waals surface area contributed by atoms with Crippen molar-refractivity contribution in [2.75, 3.05) is 31.2 Å². The minimum atomic E-state index is -0.132. The number of anilines is 1. The number of aryl methyl sites for hydroxylation is 1. The average molecular weight is 449 g/mol. The molecule has 0 saturated carbocycles. The second kappa shape index (κ2) is 8.76. The number of ether oxygens (including phenoxy) is 1. The molecule has 1 saturated heterocycles. The summed E-state index contributed by atoms with van der Waals surface area (Å²) in [6, 6.07) is 15.7. The van der Waals surface area contributed by atoms with Crippen LogP contribution in [-0.2, 0) is 4.74 Å². The van der Waals surface area contributed by atoms with Gasteiger partial charge in [0.25, 0.3) is 5.56 Å². The Hall–Kier alpha value is -3.17. The lowest BCUT2D eigenvalue weighted by Gasteiger charge is -2.28. The Bertz CT molecular complexity index is 1290. The fraction of sp³-hybridized carbons (Fsp3) is 0.304. The number of rotatable bonds is 5. The van der Waals surface area contributed by atoms with Crippen molar-refractivity contribution < 1.29 is 4.74 Å². The van der Waals surface area contributed by atoms with Crippen molar-refractivity contribution in [1.82, 2.24) is 24.7 Å². The van der Waals surface area contributed by atoms with Crippen LogP contribution in [0, 0.1) is 6.92 Å². The van der Waals surface area contributed by atoms with Crippen molar-refractivity contribution in [3.8, 4) is 5.69 Å². The molecule has 0 unspecified atom stereocenters. The first-order valence-corrected chi connectivity index (χ1v) is 11.5. The topological polar surface area (TPSA) is 88.9 Å². The highest BCUT2D eigenvalue weighted by molar-refractivity contribution is 7.99. The lowest BCUT2D eigenvalue weighted by atomic mass is 10.2. The number of benzene rings is 2. The standard InChI is InChI=1S/C23H24N6O2S/c1-15-7-9-17(10-8-15)29-22(28-11-13-31-14-12-28)26-27-23(29)32-16(2)20-24-19-6-4-3-5-18(19)21(30)25-20/h3-10,16H,11-14H2,1-2H3,(H,24,25,30)/t16-/m0/s1. The molecular formula is C23H24N6O2S. The van der Waals surface area contributed by atoms with Crippen LogP contribution in [0.3, 0.4) is 0 Å². The zero-order valence-electron chi connectivity index (χ0n) is 18.0. The van der Waals surface area contributed by atoms with Gasteiger partial charge in [-0.05, 0) is 38.1 Å². The van der Waals surface area contributed by atoms with Crippen LogP contribution in [0.4, 0.5) is 5.95 Å². The van der Waals surface area contributed by atoms with E-state index in [1.165, 1.54) is 17.3 Å². The fourth-order valence-corrected chi connectivity index (χ4v) is 4.66. The smallest absolute Gasteiger partial charge is 0.258 e. The van der Waals surface area contributed by atoms with Gasteiger partial charge in [-0.25, -0.2) is 4.98 Å². The minimum Gasteiger partial charge on any atom is -0.378 e. The maximum absolute atomic E-state index is 12.5. The first-order chi connectivity index (χ1) is 15.6. The molecule has 8 nitrogen and oxygen atoms in total. The number of hydrogen-bond acceptors (Lipinski definition) is 7. The Morgan fingerprint density at radius 2 is 1.81 bits per heavy atom. The number of aromatic amines is 1. The van der Waals surface area contributed by atoms with E-state index in [0.717, 1.165) is 29.9 Å². The van der Waals surface area contributed by atoms with Crippen LogP contribution >= 0.6 is 11.8 Å². The molecule has 0 bridgehead atoms. The first-order valence-electron chi connectivity index (χ1n) is 10.6. The van der Waals surface area contributed by atoms with Gasteiger partial charge in [-0.1, -0.05) is 41.6 Å². The van der Waals surface area contributed by atoms with Crippen molar-refractivity contribution in [2.24, 2.45) is 0 Å². The Balaban J connectivity index is 1.52. The van der Waals surface area contributed by atoms with Crippen LogP contribution < -0.4 is 10.5 Å². The summed E-state index contributed by atoms with van der Waals surface area (Å²) in [5, 5.41) is 10.2. The molecule has 4 aromatic rings. The number of aromatic nitrogens is 5. The SMILES string of the molecule is Cc1ccc(-n2c(S[C@@H](C)c3nc4ccccc4c(=O)[nH]3)nnc2N2CCOCC2)cc1. The molecule has 32 heavy (non-hydrogen) atoms. The van der Waals surface area contributed by atoms with Gasteiger partial charge in [-0.15, -0.1) is 10.2 Å². The van der Waals surface area contributed by atoms with E-state index in [-0.39, 0.29) is 10.8 Å². The predicted octanol–water partition coefficient (Wildman–Crippen LogP) is 3.50. The van der Waals surface area contributed by atoms with Gasteiger partial charge in [0, 0.05) is 13.1 Å². The molecule has 1 fully saturated rings. The van der Waals surface area contributed by atoms with Crippen LogP contribution in [-0.4, -0.2) is 51.0 Å². The van der Waals surface area contributed by atoms with E-state index >= 15 is 0 Å². The van der Waals surface area contributed by atoms with E-state index in [1.807, 2.05) is 25.1 Å². The summed E-state index contributed by atoms with van der Waals surface area (Å²) < 4.78 is 7.59. The molecule has 5 rings (SSSR count). The molecule has 2 aromatic heterocycles. The number of fused-ring (bicyclic) bond motifs is 1. The molecule has 9 heteroatoms. The number of hydrogen-bond donors (Lipinski definition) is 1. The molecule has 0 spiro atoms. The van der Waals surface area contributed by atoms with Crippen LogP contribution in [0.25, 0.3) is 16.6 Å². The van der Waals surface area contributed by atoms with E-state index in [4.69, 9.17) is 4.74 Å². The Morgan fingerprint density at radius 1 is 1.06 bits per heavy atom. The van der Waals surface area contributed by atoms with Crippen molar-refractivity contribution in [1.29, 1.82) is 0 Å². The molecule has 2 aromatic carbocycles. The quantitative estimate of drug-likeness (QED) is 0.468. The van der Waals surface area contributed by atoms with E-state index in [0.29, 0.717) is 29.9 Å². The monoisotopic (exact) mass is 448 g/mol. The Morgan fingerprint density at radius 3 is 2.59 bits per heavy atom. The number of H-pyrrole nitrogens is 1. The third-order valence-corrected chi connectivity index (χ3v) is 6.55. The van der Waals surface area contributed by atoms with Gasteiger partial charge in [0.15, 0.2) is 5.16 Å². The molecule has 1 aliphatic rings. The van der Waals surface area contributed by atoms with Crippen molar-refractivity contribution >= 4 is 28.6 Å². The van der Waals surface area contributed by atoms with Crippen LogP contribution in [0.5, 0.6) is 0 Å². The highest BCUT2D eigenvalue weighted by atomic mass is 32.2. The summed E-state index contributed by atoms with van der Waals surface area (Å²) in [7, 11) is 0. The normalized spacial score (nSPS) is 15.2. The first kappa shape index (κ1) is 20.7. The molecule has 3 heterocycles. The Kier molecular flexibility index (Phi) is 5.67. The van der Waals surface area contributed by atoms with Gasteiger partial charge >= 0.3 is 0 Å².